The summed E-state index contributed by atoms with van der Waals surface area (Å²) in [5.74, 6) is 0.215. The van der Waals surface area contributed by atoms with Crippen molar-refractivity contribution in [3.05, 3.63) is 84.1 Å². The average Bonchev–Trinajstić information content (AvgIpc) is 3.63. The van der Waals surface area contributed by atoms with Crippen molar-refractivity contribution in [3.8, 4) is 0 Å². The summed E-state index contributed by atoms with van der Waals surface area (Å²) in [5, 5.41) is 3.20. The van der Waals surface area contributed by atoms with Crippen LogP contribution in [0.1, 0.15) is 91.4 Å². The molecule has 0 unspecified atom stereocenters. The third kappa shape index (κ3) is 5.31. The molecule has 0 aliphatic heterocycles. The predicted octanol–water partition coefficient (Wildman–Crippen LogP) is 6.17. The van der Waals surface area contributed by atoms with E-state index in [1.165, 1.54) is 43.9 Å². The summed E-state index contributed by atoms with van der Waals surface area (Å²) >= 11 is 0. The van der Waals surface area contributed by atoms with Crippen LogP contribution < -0.4 is 10.2 Å². The molecule has 2 amide bonds. The Morgan fingerprint density at radius 3 is 2.31 bits per heavy atom. The number of hydrogen-bond donors (Lipinski definition) is 1. The maximum Gasteiger partial charge on any atom is 0.294 e. The van der Waals surface area contributed by atoms with Gasteiger partial charge in [0, 0.05) is 29.7 Å². The molecular formula is C29H33N3O3. The van der Waals surface area contributed by atoms with Crippen molar-refractivity contribution in [3.63, 3.8) is 0 Å². The van der Waals surface area contributed by atoms with E-state index in [1.54, 1.807) is 35.5 Å². The topological polar surface area (TPSA) is 75.4 Å². The van der Waals surface area contributed by atoms with Crippen LogP contribution in [0.25, 0.3) is 0 Å². The number of rotatable bonds is 7. The number of carbonyl (C=O) groups is 2. The van der Waals surface area contributed by atoms with Gasteiger partial charge in [0.1, 0.15) is 6.04 Å². The zero-order chi connectivity index (χ0) is 24.0. The molecule has 1 N–H and O–H groups in total. The van der Waals surface area contributed by atoms with Gasteiger partial charge >= 0.3 is 0 Å². The van der Waals surface area contributed by atoms with E-state index in [1.807, 2.05) is 18.2 Å². The SMILES string of the molecule is O=C(NC1CCCC1)[C@H](c1cccnc1)N(C(=O)c1ccco1)c1ccc(C2CCCCC2)cc1. The molecule has 0 spiro atoms. The maximum atomic E-state index is 13.8. The van der Waals surface area contributed by atoms with E-state index in [0.717, 1.165) is 25.7 Å². The van der Waals surface area contributed by atoms with Gasteiger partial charge in [-0.1, -0.05) is 50.3 Å². The molecule has 1 atom stereocenters. The molecule has 182 valence electrons. The van der Waals surface area contributed by atoms with Crippen molar-refractivity contribution >= 4 is 17.5 Å². The van der Waals surface area contributed by atoms with Crippen LogP contribution in [0.3, 0.4) is 0 Å². The van der Waals surface area contributed by atoms with Crippen molar-refractivity contribution in [2.75, 3.05) is 4.90 Å². The molecule has 35 heavy (non-hydrogen) atoms. The van der Waals surface area contributed by atoms with E-state index in [4.69, 9.17) is 4.42 Å². The largest absolute Gasteiger partial charge is 0.459 e. The number of anilines is 1. The lowest BCUT2D eigenvalue weighted by atomic mass is 9.84. The lowest BCUT2D eigenvalue weighted by molar-refractivity contribution is -0.123. The zero-order valence-electron chi connectivity index (χ0n) is 20.1. The summed E-state index contributed by atoms with van der Waals surface area (Å²) in [6.45, 7) is 0. The number of nitrogens with zero attached hydrogens (tertiary/aromatic N) is 2. The van der Waals surface area contributed by atoms with Crippen LogP contribution in [0, 0.1) is 0 Å². The first kappa shape index (κ1) is 23.3. The molecular weight excluding hydrogens is 438 g/mol. The summed E-state index contributed by atoms with van der Waals surface area (Å²) in [7, 11) is 0. The van der Waals surface area contributed by atoms with E-state index in [2.05, 4.69) is 22.4 Å². The van der Waals surface area contributed by atoms with Gasteiger partial charge < -0.3 is 9.73 Å². The molecule has 0 bridgehead atoms. The Labute approximate surface area is 206 Å². The van der Waals surface area contributed by atoms with Gasteiger partial charge in [0.15, 0.2) is 5.76 Å². The predicted molar refractivity (Wildman–Crippen MR) is 135 cm³/mol. The van der Waals surface area contributed by atoms with Crippen molar-refractivity contribution in [2.45, 2.75) is 75.8 Å². The lowest BCUT2D eigenvalue weighted by Crippen LogP contribution is -2.46. The molecule has 0 radical (unpaired) electrons. The Hall–Kier alpha value is -3.41. The number of furan rings is 1. The number of amides is 2. The van der Waals surface area contributed by atoms with Gasteiger partial charge in [-0.25, -0.2) is 0 Å². The number of carbonyl (C=O) groups excluding carboxylic acids is 2. The first-order valence-corrected chi connectivity index (χ1v) is 12.9. The molecule has 6 heteroatoms. The van der Waals surface area contributed by atoms with Gasteiger partial charge in [0.25, 0.3) is 5.91 Å². The van der Waals surface area contributed by atoms with E-state index in [0.29, 0.717) is 17.2 Å². The molecule has 6 nitrogen and oxygen atoms in total. The highest BCUT2D eigenvalue weighted by Gasteiger charge is 2.36. The van der Waals surface area contributed by atoms with Crippen LogP contribution in [0.4, 0.5) is 5.69 Å². The minimum absolute atomic E-state index is 0.135. The normalized spacial score (nSPS) is 17.7. The van der Waals surface area contributed by atoms with Crippen LogP contribution in [-0.2, 0) is 4.79 Å². The average molecular weight is 472 g/mol. The van der Waals surface area contributed by atoms with Crippen LogP contribution in [0.2, 0.25) is 0 Å². The standard InChI is InChI=1S/C29H33N3O3/c33-28(31-24-11-4-5-12-24)27(23-10-6-18-30-20-23)32(29(34)26-13-7-19-35-26)25-16-14-22(15-17-25)21-8-2-1-3-9-21/h6-7,10,13-21,24,27H,1-5,8-9,11-12H2,(H,31,33)/t27-/m0/s1. The van der Waals surface area contributed by atoms with Crippen molar-refractivity contribution in [1.82, 2.24) is 10.3 Å². The van der Waals surface area contributed by atoms with Gasteiger partial charge in [-0.3, -0.25) is 19.5 Å². The fourth-order valence-corrected chi connectivity index (χ4v) is 5.55. The highest BCUT2D eigenvalue weighted by Crippen LogP contribution is 2.35. The van der Waals surface area contributed by atoms with E-state index >= 15 is 0 Å². The number of hydrogen-bond acceptors (Lipinski definition) is 4. The van der Waals surface area contributed by atoms with Crippen LogP contribution >= 0.6 is 0 Å². The third-order valence-electron chi connectivity index (χ3n) is 7.41. The van der Waals surface area contributed by atoms with E-state index in [9.17, 15) is 9.59 Å². The fraction of sp³-hybridized carbons (Fsp3) is 0.414. The lowest BCUT2D eigenvalue weighted by Gasteiger charge is -2.32. The zero-order valence-corrected chi connectivity index (χ0v) is 20.1. The number of nitrogens with one attached hydrogen (secondary N) is 1. The Kier molecular flexibility index (Phi) is 7.26. The highest BCUT2D eigenvalue weighted by molar-refractivity contribution is 6.08. The molecule has 2 aliphatic rings. The quantitative estimate of drug-likeness (QED) is 0.447. The Morgan fingerprint density at radius 2 is 1.66 bits per heavy atom. The molecule has 1 aromatic carbocycles. The first-order valence-electron chi connectivity index (χ1n) is 12.9. The second-order valence-corrected chi connectivity index (χ2v) is 9.76. The molecule has 2 heterocycles. The number of benzene rings is 1. The summed E-state index contributed by atoms with van der Waals surface area (Å²) < 4.78 is 5.48. The van der Waals surface area contributed by atoms with Crippen molar-refractivity contribution in [1.29, 1.82) is 0 Å². The van der Waals surface area contributed by atoms with Crippen molar-refractivity contribution < 1.29 is 14.0 Å². The maximum absolute atomic E-state index is 13.8. The second kappa shape index (κ2) is 10.9. The van der Waals surface area contributed by atoms with Crippen LogP contribution in [0.5, 0.6) is 0 Å². The monoisotopic (exact) mass is 471 g/mol. The molecule has 2 fully saturated rings. The number of pyridine rings is 1. The second-order valence-electron chi connectivity index (χ2n) is 9.76. The summed E-state index contributed by atoms with van der Waals surface area (Å²) in [6, 6.07) is 14.4. The van der Waals surface area contributed by atoms with Gasteiger partial charge in [-0.2, -0.15) is 0 Å². The van der Waals surface area contributed by atoms with Gasteiger partial charge in [0.2, 0.25) is 5.91 Å². The van der Waals surface area contributed by atoms with Crippen LogP contribution in [-0.4, -0.2) is 22.8 Å². The Morgan fingerprint density at radius 1 is 0.914 bits per heavy atom. The molecule has 3 aromatic rings. The molecule has 2 saturated carbocycles. The minimum atomic E-state index is -0.859. The highest BCUT2D eigenvalue weighted by atomic mass is 16.3. The molecule has 0 saturated heterocycles. The summed E-state index contributed by atoms with van der Waals surface area (Å²) in [4.78, 5) is 33.3. The fourth-order valence-electron chi connectivity index (χ4n) is 5.55. The first-order chi connectivity index (χ1) is 17.2. The van der Waals surface area contributed by atoms with Gasteiger partial charge in [-0.15, -0.1) is 0 Å². The minimum Gasteiger partial charge on any atom is -0.459 e. The Balaban J connectivity index is 1.52. The van der Waals surface area contributed by atoms with Crippen molar-refractivity contribution in [2.24, 2.45) is 0 Å². The van der Waals surface area contributed by atoms with Gasteiger partial charge in [-0.05, 0) is 67.5 Å². The smallest absolute Gasteiger partial charge is 0.294 e. The van der Waals surface area contributed by atoms with Gasteiger partial charge in [0.05, 0.1) is 6.26 Å². The Bertz CT molecular complexity index is 1100. The molecule has 5 rings (SSSR count). The molecule has 2 aliphatic carbocycles. The van der Waals surface area contributed by atoms with Crippen LogP contribution in [0.15, 0.2) is 71.6 Å². The third-order valence-corrected chi connectivity index (χ3v) is 7.41. The van der Waals surface area contributed by atoms with E-state index in [-0.39, 0.29) is 23.6 Å². The molecule has 2 aromatic heterocycles. The summed E-state index contributed by atoms with van der Waals surface area (Å²) in [6.07, 6.45) is 15.2. The van der Waals surface area contributed by atoms with E-state index < -0.39 is 6.04 Å². The number of aromatic nitrogens is 1. The summed E-state index contributed by atoms with van der Waals surface area (Å²) in [5.41, 5.74) is 2.63.